The molecule has 0 bridgehead atoms. The molecule has 0 unspecified atom stereocenters. The molecule has 0 saturated heterocycles. The van der Waals surface area contributed by atoms with E-state index in [0.29, 0.717) is 11.3 Å². The van der Waals surface area contributed by atoms with Crippen LogP contribution in [0, 0.1) is 0 Å². The zero-order valence-electron chi connectivity index (χ0n) is 13.8. The van der Waals surface area contributed by atoms with E-state index in [1.807, 2.05) is 30.3 Å². The maximum absolute atomic E-state index is 11.7. The van der Waals surface area contributed by atoms with Crippen LogP contribution < -0.4 is 21.2 Å². The second kappa shape index (κ2) is 9.58. The SMILES string of the molecule is NC(=O)COc1cccc(/C=N/NC(=O)C(=O)NCc2ccccc2)c1. The summed E-state index contributed by atoms with van der Waals surface area (Å²) in [4.78, 5) is 34.1. The van der Waals surface area contributed by atoms with Crippen LogP contribution in [0.15, 0.2) is 59.7 Å². The molecule has 134 valence electrons. The number of nitrogens with two attached hydrogens (primary N) is 1. The molecule has 0 spiro atoms. The van der Waals surface area contributed by atoms with Gasteiger partial charge in [-0.05, 0) is 23.3 Å². The standard InChI is InChI=1S/C18H18N4O4/c19-16(23)12-26-15-8-4-7-14(9-15)11-21-22-18(25)17(24)20-10-13-5-2-1-3-6-13/h1-9,11H,10,12H2,(H2,19,23)(H,20,24)(H,22,25)/b21-11+. The maximum Gasteiger partial charge on any atom is 0.329 e. The average Bonchev–Trinajstić information content (AvgIpc) is 2.65. The second-order valence-corrected chi connectivity index (χ2v) is 5.19. The highest BCUT2D eigenvalue weighted by Gasteiger charge is 2.11. The van der Waals surface area contributed by atoms with E-state index >= 15 is 0 Å². The topological polar surface area (TPSA) is 123 Å². The Labute approximate surface area is 150 Å². The number of ether oxygens (including phenoxy) is 1. The molecule has 0 atom stereocenters. The highest BCUT2D eigenvalue weighted by molar-refractivity contribution is 6.35. The molecule has 8 heteroatoms. The first-order valence-electron chi connectivity index (χ1n) is 7.71. The Hall–Kier alpha value is -3.68. The first-order chi connectivity index (χ1) is 12.5. The largest absolute Gasteiger partial charge is 0.484 e. The predicted octanol–water partition coefficient (Wildman–Crippen LogP) is 0.317. The number of hydrogen-bond donors (Lipinski definition) is 3. The molecule has 26 heavy (non-hydrogen) atoms. The Morgan fingerprint density at radius 2 is 1.81 bits per heavy atom. The lowest BCUT2D eigenvalue weighted by Gasteiger charge is -2.04. The monoisotopic (exact) mass is 354 g/mol. The smallest absolute Gasteiger partial charge is 0.329 e. The molecule has 0 radical (unpaired) electrons. The normalized spacial score (nSPS) is 10.3. The summed E-state index contributed by atoms with van der Waals surface area (Å²) in [5, 5.41) is 6.22. The molecule has 2 aromatic carbocycles. The van der Waals surface area contributed by atoms with Crippen LogP contribution in [-0.4, -0.2) is 30.5 Å². The maximum atomic E-state index is 11.7. The van der Waals surface area contributed by atoms with Gasteiger partial charge in [0.25, 0.3) is 5.91 Å². The highest BCUT2D eigenvalue weighted by Crippen LogP contribution is 2.11. The summed E-state index contributed by atoms with van der Waals surface area (Å²) in [7, 11) is 0. The Balaban J connectivity index is 1.81. The Morgan fingerprint density at radius 1 is 1.04 bits per heavy atom. The van der Waals surface area contributed by atoms with Gasteiger partial charge in [0, 0.05) is 6.54 Å². The van der Waals surface area contributed by atoms with E-state index < -0.39 is 17.7 Å². The van der Waals surface area contributed by atoms with Gasteiger partial charge in [-0.1, -0.05) is 42.5 Å². The summed E-state index contributed by atoms with van der Waals surface area (Å²) >= 11 is 0. The molecular weight excluding hydrogens is 336 g/mol. The number of carbonyl (C=O) groups excluding carboxylic acids is 3. The summed E-state index contributed by atoms with van der Waals surface area (Å²) < 4.78 is 5.16. The molecule has 0 saturated carbocycles. The van der Waals surface area contributed by atoms with Crippen LogP contribution in [0.1, 0.15) is 11.1 Å². The number of rotatable bonds is 7. The van der Waals surface area contributed by atoms with Crippen molar-refractivity contribution in [1.29, 1.82) is 0 Å². The first-order valence-corrected chi connectivity index (χ1v) is 7.71. The van der Waals surface area contributed by atoms with E-state index in [0.717, 1.165) is 5.56 Å². The van der Waals surface area contributed by atoms with Crippen LogP contribution in [-0.2, 0) is 20.9 Å². The molecule has 0 fully saturated rings. The fraction of sp³-hybridized carbons (Fsp3) is 0.111. The van der Waals surface area contributed by atoms with Gasteiger partial charge in [0.1, 0.15) is 5.75 Å². The van der Waals surface area contributed by atoms with E-state index in [2.05, 4.69) is 15.8 Å². The van der Waals surface area contributed by atoms with Crippen molar-refractivity contribution in [3.63, 3.8) is 0 Å². The van der Waals surface area contributed by atoms with Crippen molar-refractivity contribution < 1.29 is 19.1 Å². The van der Waals surface area contributed by atoms with Gasteiger partial charge < -0.3 is 15.8 Å². The fourth-order valence-electron chi connectivity index (χ4n) is 1.91. The fourth-order valence-corrected chi connectivity index (χ4v) is 1.91. The molecule has 0 aliphatic carbocycles. The third-order valence-electron chi connectivity index (χ3n) is 3.12. The number of hydrazone groups is 1. The summed E-state index contributed by atoms with van der Waals surface area (Å²) in [5.41, 5.74) is 8.63. The second-order valence-electron chi connectivity index (χ2n) is 5.19. The van der Waals surface area contributed by atoms with E-state index in [1.54, 1.807) is 24.3 Å². The number of benzene rings is 2. The summed E-state index contributed by atoms with van der Waals surface area (Å²) in [6.45, 7) is 0.00890. The van der Waals surface area contributed by atoms with Crippen LogP contribution >= 0.6 is 0 Å². The van der Waals surface area contributed by atoms with Gasteiger partial charge in [-0.15, -0.1) is 0 Å². The predicted molar refractivity (Wildman–Crippen MR) is 95.2 cm³/mol. The number of amides is 3. The molecule has 8 nitrogen and oxygen atoms in total. The molecule has 0 aromatic heterocycles. The zero-order chi connectivity index (χ0) is 18.8. The van der Waals surface area contributed by atoms with Crippen molar-refractivity contribution >= 4 is 23.9 Å². The molecule has 2 aromatic rings. The minimum atomic E-state index is -0.877. The van der Waals surface area contributed by atoms with Gasteiger partial charge in [-0.2, -0.15) is 5.10 Å². The third kappa shape index (κ3) is 6.44. The molecule has 2 rings (SSSR count). The number of nitrogens with one attached hydrogen (secondary N) is 2. The lowest BCUT2D eigenvalue weighted by atomic mass is 10.2. The van der Waals surface area contributed by atoms with Crippen LogP contribution in [0.2, 0.25) is 0 Å². The highest BCUT2D eigenvalue weighted by atomic mass is 16.5. The lowest BCUT2D eigenvalue weighted by molar-refractivity contribution is -0.139. The van der Waals surface area contributed by atoms with Crippen LogP contribution in [0.3, 0.4) is 0 Å². The Morgan fingerprint density at radius 3 is 2.54 bits per heavy atom. The number of nitrogens with zero attached hydrogens (tertiary/aromatic N) is 1. The summed E-state index contributed by atoms with van der Waals surface area (Å²) in [5.74, 6) is -1.82. The van der Waals surface area contributed by atoms with Gasteiger partial charge >= 0.3 is 11.8 Å². The minimum absolute atomic E-state index is 0.237. The van der Waals surface area contributed by atoms with Gasteiger partial charge in [-0.3, -0.25) is 14.4 Å². The van der Waals surface area contributed by atoms with E-state index in [4.69, 9.17) is 10.5 Å². The molecule has 0 aliphatic heterocycles. The molecular formula is C18H18N4O4. The van der Waals surface area contributed by atoms with Gasteiger partial charge in [0.2, 0.25) is 0 Å². The van der Waals surface area contributed by atoms with Crippen molar-refractivity contribution in [2.75, 3.05) is 6.61 Å². The third-order valence-corrected chi connectivity index (χ3v) is 3.12. The summed E-state index contributed by atoms with van der Waals surface area (Å²) in [6, 6.07) is 15.9. The molecule has 0 aliphatic rings. The van der Waals surface area contributed by atoms with Crippen molar-refractivity contribution in [3.05, 3.63) is 65.7 Å². The van der Waals surface area contributed by atoms with Crippen molar-refractivity contribution in [1.82, 2.24) is 10.7 Å². The number of hydrogen-bond acceptors (Lipinski definition) is 5. The van der Waals surface area contributed by atoms with Crippen LogP contribution in [0.5, 0.6) is 5.75 Å². The van der Waals surface area contributed by atoms with E-state index in [9.17, 15) is 14.4 Å². The molecule has 3 amide bonds. The van der Waals surface area contributed by atoms with Crippen molar-refractivity contribution in [3.8, 4) is 5.75 Å². The number of primary amides is 1. The lowest BCUT2D eigenvalue weighted by Crippen LogP contribution is -2.37. The summed E-state index contributed by atoms with van der Waals surface area (Å²) in [6.07, 6.45) is 1.35. The zero-order valence-corrected chi connectivity index (χ0v) is 13.8. The van der Waals surface area contributed by atoms with Crippen molar-refractivity contribution in [2.45, 2.75) is 6.54 Å². The van der Waals surface area contributed by atoms with Crippen molar-refractivity contribution in [2.24, 2.45) is 10.8 Å². The van der Waals surface area contributed by atoms with Crippen LogP contribution in [0.4, 0.5) is 0 Å². The average molecular weight is 354 g/mol. The minimum Gasteiger partial charge on any atom is -0.484 e. The van der Waals surface area contributed by atoms with Gasteiger partial charge in [0.15, 0.2) is 6.61 Å². The van der Waals surface area contributed by atoms with E-state index in [1.165, 1.54) is 6.21 Å². The Bertz CT molecular complexity index is 806. The van der Waals surface area contributed by atoms with Crippen LogP contribution in [0.25, 0.3) is 0 Å². The quantitative estimate of drug-likeness (QED) is 0.376. The first kappa shape index (κ1) is 18.7. The molecule has 4 N–H and O–H groups in total. The Kier molecular flexibility index (Phi) is 6.87. The van der Waals surface area contributed by atoms with Gasteiger partial charge in [-0.25, -0.2) is 5.43 Å². The molecule has 0 heterocycles. The van der Waals surface area contributed by atoms with Gasteiger partial charge in [0.05, 0.1) is 6.21 Å². The number of carbonyl (C=O) groups is 3. The van der Waals surface area contributed by atoms with E-state index in [-0.39, 0.29) is 13.2 Å².